The standard InChI is InChI=1S/C14H16BrF3N2O/c1-20(8-10-3-2-6-19-10)13(21)9-4-5-12(15)11(7-9)14(16,17)18/h4-5,7,10,19H,2-3,6,8H2,1H3. The summed E-state index contributed by atoms with van der Waals surface area (Å²) >= 11 is 2.87. The Kier molecular flexibility index (Phi) is 4.93. The maximum atomic E-state index is 12.9. The highest BCUT2D eigenvalue weighted by Gasteiger charge is 2.34. The highest BCUT2D eigenvalue weighted by Crippen LogP contribution is 2.35. The fraction of sp³-hybridized carbons (Fsp3) is 0.500. The summed E-state index contributed by atoms with van der Waals surface area (Å²) in [6, 6.07) is 3.78. The van der Waals surface area contributed by atoms with Crippen LogP contribution >= 0.6 is 15.9 Å². The number of hydrogen-bond donors (Lipinski definition) is 1. The van der Waals surface area contributed by atoms with Crippen LogP contribution in [0.2, 0.25) is 0 Å². The third-order valence-corrected chi connectivity index (χ3v) is 4.21. The quantitative estimate of drug-likeness (QED) is 0.892. The number of rotatable bonds is 3. The average molecular weight is 365 g/mol. The van der Waals surface area contributed by atoms with Crippen LogP contribution in [0, 0.1) is 0 Å². The third-order valence-electron chi connectivity index (χ3n) is 3.52. The molecule has 1 saturated heterocycles. The van der Waals surface area contributed by atoms with Crippen molar-refractivity contribution in [2.24, 2.45) is 0 Å². The number of alkyl halides is 3. The zero-order valence-electron chi connectivity index (χ0n) is 11.5. The maximum Gasteiger partial charge on any atom is 0.417 e. The Hall–Kier alpha value is -1.08. The van der Waals surface area contributed by atoms with Gasteiger partial charge in [-0.25, -0.2) is 0 Å². The summed E-state index contributed by atoms with van der Waals surface area (Å²) in [5, 5.41) is 3.26. The Labute approximate surface area is 129 Å². The number of amides is 1. The number of hydrogen-bond acceptors (Lipinski definition) is 2. The molecule has 0 spiro atoms. The van der Waals surface area contributed by atoms with Crippen molar-refractivity contribution in [3.05, 3.63) is 33.8 Å². The second-order valence-corrected chi connectivity index (χ2v) is 6.03. The molecule has 0 aromatic heterocycles. The van der Waals surface area contributed by atoms with E-state index in [9.17, 15) is 18.0 Å². The van der Waals surface area contributed by atoms with Crippen molar-refractivity contribution < 1.29 is 18.0 Å². The molecule has 0 saturated carbocycles. The predicted molar refractivity (Wildman–Crippen MR) is 77.1 cm³/mol. The number of carbonyl (C=O) groups excluding carboxylic acids is 1. The minimum Gasteiger partial charge on any atom is -0.340 e. The van der Waals surface area contributed by atoms with Gasteiger partial charge in [-0.05, 0) is 37.6 Å². The van der Waals surface area contributed by atoms with Crippen molar-refractivity contribution in [1.29, 1.82) is 0 Å². The first-order valence-corrected chi connectivity index (χ1v) is 7.44. The Morgan fingerprint density at radius 1 is 1.48 bits per heavy atom. The molecule has 1 aromatic carbocycles. The molecule has 3 nitrogen and oxygen atoms in total. The van der Waals surface area contributed by atoms with Gasteiger partial charge >= 0.3 is 6.18 Å². The molecule has 1 N–H and O–H groups in total. The van der Waals surface area contributed by atoms with Crippen molar-refractivity contribution in [2.45, 2.75) is 25.1 Å². The van der Waals surface area contributed by atoms with Gasteiger partial charge < -0.3 is 10.2 Å². The second-order valence-electron chi connectivity index (χ2n) is 5.17. The lowest BCUT2D eigenvalue weighted by molar-refractivity contribution is -0.138. The first kappa shape index (κ1) is 16.3. The molecule has 0 aliphatic carbocycles. The van der Waals surface area contributed by atoms with E-state index in [-0.39, 0.29) is 16.1 Å². The van der Waals surface area contributed by atoms with Gasteiger partial charge in [0.25, 0.3) is 5.91 Å². The lowest BCUT2D eigenvalue weighted by atomic mass is 10.1. The van der Waals surface area contributed by atoms with E-state index < -0.39 is 17.6 Å². The Morgan fingerprint density at radius 2 is 2.19 bits per heavy atom. The third kappa shape index (κ3) is 3.97. The van der Waals surface area contributed by atoms with Gasteiger partial charge in [0.05, 0.1) is 5.56 Å². The van der Waals surface area contributed by atoms with E-state index in [0.29, 0.717) is 6.54 Å². The van der Waals surface area contributed by atoms with Gasteiger partial charge in [0.1, 0.15) is 0 Å². The van der Waals surface area contributed by atoms with Crippen LogP contribution in [0.5, 0.6) is 0 Å². The number of nitrogens with one attached hydrogen (secondary N) is 1. The molecule has 7 heteroatoms. The Morgan fingerprint density at radius 3 is 2.76 bits per heavy atom. The normalized spacial score (nSPS) is 18.8. The fourth-order valence-corrected chi connectivity index (χ4v) is 2.89. The van der Waals surface area contributed by atoms with E-state index in [1.807, 2.05) is 0 Å². The highest BCUT2D eigenvalue weighted by molar-refractivity contribution is 9.10. The SMILES string of the molecule is CN(CC1CCCN1)C(=O)c1ccc(Br)c(C(F)(F)F)c1. The van der Waals surface area contributed by atoms with Gasteiger partial charge in [-0.3, -0.25) is 4.79 Å². The summed E-state index contributed by atoms with van der Waals surface area (Å²) in [5.41, 5.74) is -0.785. The summed E-state index contributed by atoms with van der Waals surface area (Å²) in [5.74, 6) is -0.401. The zero-order valence-corrected chi connectivity index (χ0v) is 13.1. The maximum absolute atomic E-state index is 12.9. The van der Waals surface area contributed by atoms with Gasteiger partial charge in [-0.1, -0.05) is 15.9 Å². The number of nitrogens with zero attached hydrogens (tertiary/aromatic N) is 1. The van der Waals surface area contributed by atoms with Crippen LogP contribution in [-0.4, -0.2) is 37.0 Å². The number of likely N-dealkylation sites (N-methyl/N-ethyl adjacent to an activating group) is 1. The smallest absolute Gasteiger partial charge is 0.340 e. The molecule has 1 amide bonds. The van der Waals surface area contributed by atoms with Crippen molar-refractivity contribution in [3.63, 3.8) is 0 Å². The van der Waals surface area contributed by atoms with E-state index in [0.717, 1.165) is 25.5 Å². The van der Waals surface area contributed by atoms with Crippen molar-refractivity contribution in [2.75, 3.05) is 20.1 Å². The number of carbonyl (C=O) groups is 1. The molecule has 1 aromatic rings. The zero-order chi connectivity index (χ0) is 15.6. The topological polar surface area (TPSA) is 32.3 Å². The molecule has 1 atom stereocenters. The molecule has 116 valence electrons. The molecule has 0 bridgehead atoms. The van der Waals surface area contributed by atoms with Crippen molar-refractivity contribution >= 4 is 21.8 Å². The number of benzene rings is 1. The van der Waals surface area contributed by atoms with Crippen LogP contribution in [0.4, 0.5) is 13.2 Å². The lowest BCUT2D eigenvalue weighted by Crippen LogP contribution is -2.38. The first-order valence-electron chi connectivity index (χ1n) is 6.64. The summed E-state index contributed by atoms with van der Waals surface area (Å²) < 4.78 is 38.5. The van der Waals surface area contributed by atoms with Crippen LogP contribution in [0.25, 0.3) is 0 Å². The first-order chi connectivity index (χ1) is 9.79. The summed E-state index contributed by atoms with van der Waals surface area (Å²) in [6.45, 7) is 1.42. The molecule has 1 aliphatic rings. The van der Waals surface area contributed by atoms with Crippen LogP contribution in [0.15, 0.2) is 22.7 Å². The monoisotopic (exact) mass is 364 g/mol. The van der Waals surface area contributed by atoms with Gasteiger partial charge in [0, 0.05) is 29.7 Å². The fourth-order valence-electron chi connectivity index (χ4n) is 2.42. The summed E-state index contributed by atoms with van der Waals surface area (Å²) in [6.07, 6.45) is -2.45. The summed E-state index contributed by atoms with van der Waals surface area (Å²) in [7, 11) is 1.61. The van der Waals surface area contributed by atoms with E-state index in [1.165, 1.54) is 17.0 Å². The average Bonchev–Trinajstić information content (AvgIpc) is 2.90. The Balaban J connectivity index is 2.15. The number of halogens is 4. The van der Waals surface area contributed by atoms with E-state index >= 15 is 0 Å². The molecular formula is C14H16BrF3N2O. The molecule has 1 heterocycles. The minimum atomic E-state index is -4.49. The van der Waals surface area contributed by atoms with Crippen LogP contribution in [0.1, 0.15) is 28.8 Å². The molecule has 1 fully saturated rings. The van der Waals surface area contributed by atoms with Crippen LogP contribution < -0.4 is 5.32 Å². The van der Waals surface area contributed by atoms with Crippen LogP contribution in [0.3, 0.4) is 0 Å². The predicted octanol–water partition coefficient (Wildman–Crippen LogP) is 3.29. The van der Waals surface area contributed by atoms with Gasteiger partial charge in [-0.15, -0.1) is 0 Å². The molecule has 1 unspecified atom stereocenters. The van der Waals surface area contributed by atoms with Crippen molar-refractivity contribution in [1.82, 2.24) is 10.2 Å². The van der Waals surface area contributed by atoms with Gasteiger partial charge in [0.2, 0.25) is 0 Å². The molecule has 21 heavy (non-hydrogen) atoms. The lowest BCUT2D eigenvalue weighted by Gasteiger charge is -2.22. The highest BCUT2D eigenvalue weighted by atomic mass is 79.9. The van der Waals surface area contributed by atoms with E-state index in [4.69, 9.17) is 0 Å². The second kappa shape index (κ2) is 6.36. The van der Waals surface area contributed by atoms with E-state index in [1.54, 1.807) is 7.05 Å². The van der Waals surface area contributed by atoms with Crippen molar-refractivity contribution in [3.8, 4) is 0 Å². The minimum absolute atomic E-state index is 0.0472. The Bertz CT molecular complexity index is 527. The molecule has 1 aliphatic heterocycles. The van der Waals surface area contributed by atoms with Gasteiger partial charge in [0.15, 0.2) is 0 Å². The largest absolute Gasteiger partial charge is 0.417 e. The molecule has 2 rings (SSSR count). The molecule has 0 radical (unpaired) electrons. The van der Waals surface area contributed by atoms with Crippen LogP contribution in [-0.2, 0) is 6.18 Å². The van der Waals surface area contributed by atoms with E-state index in [2.05, 4.69) is 21.2 Å². The summed E-state index contributed by atoms with van der Waals surface area (Å²) in [4.78, 5) is 13.7. The van der Waals surface area contributed by atoms with Gasteiger partial charge in [-0.2, -0.15) is 13.2 Å². The molecular weight excluding hydrogens is 349 g/mol.